The van der Waals surface area contributed by atoms with E-state index in [0.717, 1.165) is 27.8 Å². The summed E-state index contributed by atoms with van der Waals surface area (Å²) >= 11 is 1.02. The Kier molecular flexibility index (Phi) is 4.95. The van der Waals surface area contributed by atoms with Crippen molar-refractivity contribution in [1.29, 1.82) is 10.5 Å². The molecule has 0 saturated carbocycles. The highest BCUT2D eigenvalue weighted by Gasteiger charge is 2.17. The molecule has 23 heavy (non-hydrogen) atoms. The predicted octanol–water partition coefficient (Wildman–Crippen LogP) is 3.55. The van der Waals surface area contributed by atoms with E-state index in [0.29, 0.717) is 5.69 Å². The van der Waals surface area contributed by atoms with Gasteiger partial charge in [0, 0.05) is 4.90 Å². The van der Waals surface area contributed by atoms with Gasteiger partial charge in [-0.1, -0.05) is 6.07 Å². The number of thiocyanates is 1. The van der Waals surface area contributed by atoms with E-state index in [9.17, 15) is 8.42 Å². The average Bonchev–Trinajstić information content (AvgIpc) is 2.51. The lowest BCUT2D eigenvalue weighted by atomic mass is 10.1. The van der Waals surface area contributed by atoms with E-state index in [1.807, 2.05) is 11.5 Å². The fourth-order valence-electron chi connectivity index (χ4n) is 2.12. The second-order valence-corrected chi connectivity index (χ2v) is 7.41. The van der Waals surface area contributed by atoms with Gasteiger partial charge in [-0.15, -0.1) is 0 Å². The maximum atomic E-state index is 12.5. The molecule has 0 aliphatic carbocycles. The van der Waals surface area contributed by atoms with Gasteiger partial charge in [-0.25, -0.2) is 8.42 Å². The molecule has 2 rings (SSSR count). The van der Waals surface area contributed by atoms with Crippen molar-refractivity contribution in [3.8, 4) is 11.5 Å². The maximum Gasteiger partial charge on any atom is 0.261 e. The molecule has 0 amide bonds. The molecule has 116 valence electrons. The molecule has 5 nitrogen and oxygen atoms in total. The lowest BCUT2D eigenvalue weighted by Gasteiger charge is -2.14. The van der Waals surface area contributed by atoms with Gasteiger partial charge < -0.3 is 0 Å². The number of rotatable bonds is 4. The van der Waals surface area contributed by atoms with Crippen LogP contribution in [0.5, 0.6) is 0 Å². The van der Waals surface area contributed by atoms with Gasteiger partial charge in [0.1, 0.15) is 5.40 Å². The van der Waals surface area contributed by atoms with Crippen molar-refractivity contribution in [1.82, 2.24) is 0 Å². The van der Waals surface area contributed by atoms with Crippen molar-refractivity contribution in [3.63, 3.8) is 0 Å². The molecule has 0 unspecified atom stereocenters. The summed E-state index contributed by atoms with van der Waals surface area (Å²) in [5, 5.41) is 19.6. The van der Waals surface area contributed by atoms with Gasteiger partial charge in [-0.3, -0.25) is 4.72 Å². The van der Waals surface area contributed by atoms with E-state index in [2.05, 4.69) is 4.72 Å². The van der Waals surface area contributed by atoms with Crippen LogP contribution in [-0.2, 0) is 10.0 Å². The van der Waals surface area contributed by atoms with Crippen LogP contribution in [0, 0.1) is 35.8 Å². The van der Waals surface area contributed by atoms with Gasteiger partial charge in [-0.05, 0) is 67.1 Å². The van der Waals surface area contributed by atoms with Crippen molar-refractivity contribution in [2.45, 2.75) is 23.6 Å². The van der Waals surface area contributed by atoms with Gasteiger partial charge in [0.15, 0.2) is 0 Å². The fraction of sp³-hybridized carbons (Fsp3) is 0.125. The third-order valence-electron chi connectivity index (χ3n) is 3.18. The molecule has 0 atom stereocenters. The smallest absolute Gasteiger partial charge is 0.261 e. The molecule has 0 spiro atoms. The Balaban J connectivity index is 2.42. The fourth-order valence-corrected chi connectivity index (χ4v) is 3.95. The summed E-state index contributed by atoms with van der Waals surface area (Å²) in [6.07, 6.45) is 0. The maximum absolute atomic E-state index is 12.5. The Morgan fingerprint density at radius 3 is 2.30 bits per heavy atom. The first kappa shape index (κ1) is 16.9. The predicted molar refractivity (Wildman–Crippen MR) is 89.4 cm³/mol. The summed E-state index contributed by atoms with van der Waals surface area (Å²) in [7, 11) is -3.79. The van der Waals surface area contributed by atoms with Crippen LogP contribution in [0.3, 0.4) is 0 Å². The number of hydrogen-bond donors (Lipinski definition) is 1. The van der Waals surface area contributed by atoms with Crippen LogP contribution in [0.25, 0.3) is 0 Å². The highest BCUT2D eigenvalue weighted by Crippen LogP contribution is 2.29. The SMILES string of the molecule is Cc1cc(SC#N)cc(C)c1NS(=O)(=O)c1cccc(C#N)c1. The van der Waals surface area contributed by atoms with Crippen LogP contribution in [0.15, 0.2) is 46.2 Å². The van der Waals surface area contributed by atoms with Crippen LogP contribution in [0.2, 0.25) is 0 Å². The standard InChI is InChI=1S/C16H13N3O2S2/c1-11-6-14(22-10-18)7-12(2)16(11)19-23(20,21)15-5-3-4-13(8-15)9-17/h3-8,19H,1-2H3. The Morgan fingerprint density at radius 1 is 1.09 bits per heavy atom. The number of hydrogen-bond acceptors (Lipinski definition) is 5. The van der Waals surface area contributed by atoms with Crippen LogP contribution in [-0.4, -0.2) is 8.42 Å². The molecule has 7 heteroatoms. The quantitative estimate of drug-likeness (QED) is 0.677. The molecular formula is C16H13N3O2S2. The average molecular weight is 343 g/mol. The molecule has 0 bridgehead atoms. The topological polar surface area (TPSA) is 93.8 Å². The first-order valence-corrected chi connectivity index (χ1v) is 8.87. The van der Waals surface area contributed by atoms with Crippen molar-refractivity contribution < 1.29 is 8.42 Å². The van der Waals surface area contributed by atoms with E-state index in [4.69, 9.17) is 10.5 Å². The summed E-state index contributed by atoms with van der Waals surface area (Å²) in [6.45, 7) is 3.55. The highest BCUT2D eigenvalue weighted by atomic mass is 32.2. The Labute approximate surface area is 139 Å². The van der Waals surface area contributed by atoms with Crippen molar-refractivity contribution in [2.75, 3.05) is 4.72 Å². The monoisotopic (exact) mass is 343 g/mol. The lowest BCUT2D eigenvalue weighted by Crippen LogP contribution is -2.15. The van der Waals surface area contributed by atoms with Gasteiger partial charge in [0.2, 0.25) is 0 Å². The van der Waals surface area contributed by atoms with Crippen LogP contribution in [0.4, 0.5) is 5.69 Å². The zero-order valence-electron chi connectivity index (χ0n) is 12.5. The highest BCUT2D eigenvalue weighted by molar-refractivity contribution is 8.03. The summed E-state index contributed by atoms with van der Waals surface area (Å²) in [5.41, 5.74) is 2.21. The van der Waals surface area contributed by atoms with E-state index in [1.54, 1.807) is 32.0 Å². The minimum atomic E-state index is -3.79. The zero-order chi connectivity index (χ0) is 17.0. The zero-order valence-corrected chi connectivity index (χ0v) is 14.1. The first-order valence-electron chi connectivity index (χ1n) is 6.57. The number of nitrogens with zero attached hydrogens (tertiary/aromatic N) is 2. The Bertz CT molecular complexity index is 916. The summed E-state index contributed by atoms with van der Waals surface area (Å²) in [4.78, 5) is 0.794. The minimum Gasteiger partial charge on any atom is -0.279 e. The van der Waals surface area contributed by atoms with Crippen LogP contribution < -0.4 is 4.72 Å². The van der Waals surface area contributed by atoms with Crippen LogP contribution in [0.1, 0.15) is 16.7 Å². The molecule has 2 aromatic rings. The van der Waals surface area contributed by atoms with Gasteiger partial charge >= 0.3 is 0 Å². The second kappa shape index (κ2) is 6.74. The van der Waals surface area contributed by atoms with Crippen LogP contribution >= 0.6 is 11.8 Å². The largest absolute Gasteiger partial charge is 0.279 e. The van der Waals surface area contributed by atoms with Gasteiger partial charge in [0.25, 0.3) is 10.0 Å². The number of thioether (sulfide) groups is 1. The molecule has 0 heterocycles. The van der Waals surface area contributed by atoms with E-state index in [-0.39, 0.29) is 10.5 Å². The molecule has 0 aliphatic rings. The molecule has 2 aromatic carbocycles. The molecule has 0 fully saturated rings. The van der Waals surface area contributed by atoms with Crippen molar-refractivity contribution >= 4 is 27.5 Å². The molecular weight excluding hydrogens is 330 g/mol. The summed E-state index contributed by atoms with van der Waals surface area (Å²) in [6, 6.07) is 11.3. The number of anilines is 1. The minimum absolute atomic E-state index is 0.0332. The van der Waals surface area contributed by atoms with Crippen molar-refractivity contribution in [3.05, 3.63) is 53.1 Å². The normalized spacial score (nSPS) is 10.6. The number of nitriles is 2. The van der Waals surface area contributed by atoms with Gasteiger partial charge in [-0.2, -0.15) is 10.5 Å². The third-order valence-corrected chi connectivity index (χ3v) is 5.09. The Morgan fingerprint density at radius 2 is 1.74 bits per heavy atom. The van der Waals surface area contributed by atoms with E-state index < -0.39 is 10.0 Å². The Hall–Kier alpha value is -2.48. The molecule has 0 radical (unpaired) electrons. The lowest BCUT2D eigenvalue weighted by molar-refractivity contribution is 0.601. The van der Waals surface area contributed by atoms with Crippen molar-refractivity contribution in [2.24, 2.45) is 0 Å². The van der Waals surface area contributed by atoms with Gasteiger partial charge in [0.05, 0.1) is 22.2 Å². The summed E-state index contributed by atoms with van der Waals surface area (Å²) in [5.74, 6) is 0. The third kappa shape index (κ3) is 3.84. The van der Waals surface area contributed by atoms with E-state index in [1.165, 1.54) is 18.2 Å². The summed E-state index contributed by atoms with van der Waals surface area (Å²) < 4.78 is 27.6. The number of benzene rings is 2. The molecule has 0 saturated heterocycles. The molecule has 0 aromatic heterocycles. The van der Waals surface area contributed by atoms with E-state index >= 15 is 0 Å². The number of aryl methyl sites for hydroxylation is 2. The molecule has 1 N–H and O–H groups in total. The number of sulfonamides is 1. The molecule has 0 aliphatic heterocycles. The first-order chi connectivity index (χ1) is 10.9. The second-order valence-electron chi connectivity index (χ2n) is 4.87. The number of nitrogens with one attached hydrogen (secondary N) is 1.